The molecule has 2 fully saturated rings. The van der Waals surface area contributed by atoms with Crippen LogP contribution in [0.2, 0.25) is 0 Å². The molecule has 8 rings (SSSR count). The molecule has 4 amide bonds. The topological polar surface area (TPSA) is 190 Å². The average molecular weight is 1110 g/mol. The lowest BCUT2D eigenvalue weighted by Gasteiger charge is -2.35. The van der Waals surface area contributed by atoms with Crippen LogP contribution in [0.4, 0.5) is 17.5 Å². The molecular weight excluding hydrogens is 1040 g/mol. The molecule has 2 aliphatic heterocycles. The number of aryl methyl sites for hydroxylation is 1. The first-order chi connectivity index (χ1) is 36.4. The third kappa shape index (κ3) is 14.6. The minimum atomic E-state index is -0.671. The molecule has 0 bridgehead atoms. The standard InChI is InChI=1S/C56H70BrN9O8S/c1-37(2)49(66-35-42-12-5-6-15-45(42)54(66)69)55(70)65-25-8-16-47(65)52(67)59-33-41-18-17-40(50-38(3)61-36-75-50)32-48(41)74-29-11-28-71-26-10-27-72-30-31-73-44-21-19-43(20-22-44)62-56-60-34-46(57)51(63-56)58-23-9-24-64(4)53(68)39-13-7-14-39/h5-6,12,15,17-22,32,34,36-37,39,47,49H,7-11,13-14,16,23-31,33,35H2,1-4H3,(H,59,67)(H2,58,60,62,63)/t47-,49?/m0/s1. The van der Waals surface area contributed by atoms with Crippen LogP contribution in [0.15, 0.2) is 82.9 Å². The molecule has 0 spiro atoms. The van der Waals surface area contributed by atoms with E-state index in [1.165, 1.54) is 0 Å². The normalized spacial score (nSPS) is 15.7. The van der Waals surface area contributed by atoms with Crippen molar-refractivity contribution in [1.29, 1.82) is 0 Å². The Labute approximate surface area is 452 Å². The summed E-state index contributed by atoms with van der Waals surface area (Å²) in [5.41, 5.74) is 6.93. The molecule has 2 aromatic heterocycles. The number of halogens is 1. The van der Waals surface area contributed by atoms with Gasteiger partial charge in [0.1, 0.15) is 36.0 Å². The summed E-state index contributed by atoms with van der Waals surface area (Å²) in [5.74, 6) is 2.30. The lowest BCUT2D eigenvalue weighted by molar-refractivity contribution is -0.143. The summed E-state index contributed by atoms with van der Waals surface area (Å²) in [5, 5.41) is 9.70. The summed E-state index contributed by atoms with van der Waals surface area (Å²) in [6, 6.07) is 19.8. The zero-order valence-corrected chi connectivity index (χ0v) is 45.9. The Kier molecular flexibility index (Phi) is 19.9. The Morgan fingerprint density at radius 2 is 1.67 bits per heavy atom. The van der Waals surface area contributed by atoms with Gasteiger partial charge in [-0.25, -0.2) is 9.97 Å². The number of nitrogens with zero attached hydrogens (tertiary/aromatic N) is 6. The Hall–Kier alpha value is -6.15. The maximum absolute atomic E-state index is 14.2. The van der Waals surface area contributed by atoms with E-state index < -0.39 is 12.1 Å². The quantitative estimate of drug-likeness (QED) is 0.0403. The maximum atomic E-state index is 14.2. The van der Waals surface area contributed by atoms with Crippen LogP contribution in [0.3, 0.4) is 0 Å². The van der Waals surface area contributed by atoms with E-state index in [1.54, 1.807) is 27.3 Å². The number of anilines is 3. The van der Waals surface area contributed by atoms with E-state index in [-0.39, 0.29) is 42.0 Å². The van der Waals surface area contributed by atoms with Crippen molar-refractivity contribution in [3.8, 4) is 21.9 Å². The first-order valence-corrected chi connectivity index (χ1v) is 27.9. The van der Waals surface area contributed by atoms with Crippen LogP contribution in [-0.4, -0.2) is 132 Å². The van der Waals surface area contributed by atoms with Gasteiger partial charge in [0.2, 0.25) is 23.7 Å². The number of amides is 4. The molecule has 1 saturated heterocycles. The highest BCUT2D eigenvalue weighted by Gasteiger charge is 2.44. The highest BCUT2D eigenvalue weighted by molar-refractivity contribution is 9.10. The minimum Gasteiger partial charge on any atom is -0.493 e. The minimum absolute atomic E-state index is 0.135. The Morgan fingerprint density at radius 1 is 0.893 bits per heavy atom. The van der Waals surface area contributed by atoms with Crippen LogP contribution >= 0.6 is 27.3 Å². The summed E-state index contributed by atoms with van der Waals surface area (Å²) in [4.78, 5) is 73.6. The molecule has 17 nitrogen and oxygen atoms in total. The second-order valence-corrected chi connectivity index (χ2v) is 21.3. The summed E-state index contributed by atoms with van der Waals surface area (Å²) in [6.45, 7) is 11.2. The van der Waals surface area contributed by atoms with Gasteiger partial charge in [-0.05, 0) is 115 Å². The van der Waals surface area contributed by atoms with Crippen molar-refractivity contribution in [3.05, 3.63) is 105 Å². The number of thiazole rings is 1. The van der Waals surface area contributed by atoms with Crippen molar-refractivity contribution < 1.29 is 38.1 Å². The summed E-state index contributed by atoms with van der Waals surface area (Å²) in [6.07, 6.45) is 8.35. The van der Waals surface area contributed by atoms with Crippen molar-refractivity contribution in [2.75, 3.05) is 77.0 Å². The van der Waals surface area contributed by atoms with Gasteiger partial charge in [0.05, 0.1) is 33.8 Å². The number of likely N-dealkylation sites (tertiary alicyclic amines) is 1. The van der Waals surface area contributed by atoms with Crippen molar-refractivity contribution in [2.45, 2.75) is 97.3 Å². The second kappa shape index (κ2) is 27.1. The third-order valence-corrected chi connectivity index (χ3v) is 15.4. The van der Waals surface area contributed by atoms with Crippen LogP contribution in [-0.2, 0) is 36.9 Å². The molecule has 4 heterocycles. The van der Waals surface area contributed by atoms with Gasteiger partial charge in [0, 0.05) is 94.9 Å². The molecule has 3 N–H and O–H groups in total. The van der Waals surface area contributed by atoms with Gasteiger partial charge in [-0.15, -0.1) is 11.3 Å². The maximum Gasteiger partial charge on any atom is 0.255 e. The van der Waals surface area contributed by atoms with E-state index in [4.69, 9.17) is 18.9 Å². The number of rotatable bonds is 28. The molecule has 3 aromatic carbocycles. The Bertz CT molecular complexity index is 2720. The number of ether oxygens (including phenoxy) is 4. The lowest BCUT2D eigenvalue weighted by atomic mass is 9.84. The molecule has 1 unspecified atom stereocenters. The van der Waals surface area contributed by atoms with Crippen LogP contribution in [0.5, 0.6) is 11.5 Å². The molecule has 2 atom stereocenters. The Morgan fingerprint density at radius 3 is 2.40 bits per heavy atom. The van der Waals surface area contributed by atoms with Gasteiger partial charge in [-0.1, -0.05) is 50.6 Å². The fraction of sp³-hybridized carbons (Fsp3) is 0.482. The van der Waals surface area contributed by atoms with Gasteiger partial charge in [-0.3, -0.25) is 19.2 Å². The predicted octanol–water partition coefficient (Wildman–Crippen LogP) is 9.03. The van der Waals surface area contributed by atoms with Gasteiger partial charge in [-0.2, -0.15) is 4.98 Å². The van der Waals surface area contributed by atoms with Crippen LogP contribution < -0.4 is 25.4 Å². The largest absolute Gasteiger partial charge is 0.493 e. The smallest absolute Gasteiger partial charge is 0.255 e. The number of aromatic nitrogens is 3. The number of nitrogens with one attached hydrogen (secondary N) is 3. The van der Waals surface area contributed by atoms with E-state index in [2.05, 4.69) is 46.8 Å². The molecule has 0 radical (unpaired) electrons. The number of carbonyl (C=O) groups is 4. The van der Waals surface area contributed by atoms with Crippen LogP contribution in [0, 0.1) is 18.8 Å². The average Bonchev–Trinajstić information content (AvgIpc) is 4.15. The zero-order valence-electron chi connectivity index (χ0n) is 43.5. The van der Waals surface area contributed by atoms with Crippen molar-refractivity contribution in [3.63, 3.8) is 0 Å². The van der Waals surface area contributed by atoms with E-state index in [0.717, 1.165) is 75.3 Å². The number of fused-ring (bicyclic) bond motifs is 1. The van der Waals surface area contributed by atoms with Crippen molar-refractivity contribution in [1.82, 2.24) is 35.0 Å². The first kappa shape index (κ1) is 55.1. The van der Waals surface area contributed by atoms with E-state index in [9.17, 15) is 19.2 Å². The summed E-state index contributed by atoms with van der Waals surface area (Å²) >= 11 is 5.10. The van der Waals surface area contributed by atoms with Crippen LogP contribution in [0.1, 0.15) is 92.4 Å². The van der Waals surface area contributed by atoms with Crippen molar-refractivity contribution >= 4 is 68.3 Å². The van der Waals surface area contributed by atoms with E-state index in [1.807, 2.05) is 105 Å². The summed E-state index contributed by atoms with van der Waals surface area (Å²) in [7, 11) is 1.88. The van der Waals surface area contributed by atoms with Gasteiger partial charge in [0.25, 0.3) is 5.91 Å². The van der Waals surface area contributed by atoms with Crippen LogP contribution in [0.25, 0.3) is 10.4 Å². The predicted molar refractivity (Wildman–Crippen MR) is 293 cm³/mol. The summed E-state index contributed by atoms with van der Waals surface area (Å²) < 4.78 is 24.7. The van der Waals surface area contributed by atoms with E-state index >= 15 is 0 Å². The SMILES string of the molecule is Cc1ncsc1-c1ccc(CNC(=O)[C@@H]2CCCN2C(=O)C(C(C)C)N2Cc3ccccc3C2=O)c(OCCCOCCCOCCOc2ccc(Nc3ncc(Br)c(NCCCN(C)C(=O)C4CCC4)n3)cc2)c1. The molecule has 19 heteroatoms. The monoisotopic (exact) mass is 1110 g/mol. The van der Waals surface area contributed by atoms with Crippen molar-refractivity contribution in [2.24, 2.45) is 11.8 Å². The fourth-order valence-corrected chi connectivity index (χ4v) is 10.7. The molecule has 1 saturated carbocycles. The number of benzene rings is 3. The molecular formula is C56H70BrN9O8S. The number of carbonyl (C=O) groups excluding carboxylic acids is 4. The van der Waals surface area contributed by atoms with Gasteiger partial charge >= 0.3 is 0 Å². The molecule has 400 valence electrons. The van der Waals surface area contributed by atoms with E-state index in [0.29, 0.717) is 108 Å². The molecule has 1 aliphatic carbocycles. The fourth-order valence-electron chi connectivity index (χ4n) is 9.55. The third-order valence-electron chi connectivity index (χ3n) is 13.8. The highest BCUT2D eigenvalue weighted by atomic mass is 79.9. The second-order valence-electron chi connectivity index (χ2n) is 19.6. The zero-order chi connectivity index (χ0) is 52.7. The number of hydrogen-bond donors (Lipinski definition) is 3. The first-order valence-electron chi connectivity index (χ1n) is 26.2. The molecule has 3 aliphatic rings. The lowest BCUT2D eigenvalue weighted by Crippen LogP contribution is -2.55. The Balaban J connectivity index is 0.713. The van der Waals surface area contributed by atoms with Gasteiger partial charge < -0.3 is 49.6 Å². The molecule has 75 heavy (non-hydrogen) atoms. The number of hydrogen-bond acceptors (Lipinski definition) is 14. The highest BCUT2D eigenvalue weighted by Crippen LogP contribution is 2.34. The molecule has 5 aromatic rings. The van der Waals surface area contributed by atoms with Gasteiger partial charge in [0.15, 0.2) is 0 Å².